The molecule has 0 spiro atoms. The maximum atomic E-state index is 15.8. The molecule has 40 heavy (non-hydrogen) atoms. The number of halogens is 2. The second-order valence-corrected chi connectivity index (χ2v) is 10.8. The molecule has 0 radical (unpaired) electrons. The van der Waals surface area contributed by atoms with Crippen LogP contribution in [-0.4, -0.2) is 48.0 Å². The van der Waals surface area contributed by atoms with Crippen LogP contribution >= 0.6 is 11.3 Å². The number of fused-ring (bicyclic) bond motifs is 2. The first-order valence-corrected chi connectivity index (χ1v) is 13.7. The summed E-state index contributed by atoms with van der Waals surface area (Å²) in [4.78, 5) is 19.0. The Morgan fingerprint density at radius 2 is 2.00 bits per heavy atom. The fourth-order valence-corrected chi connectivity index (χ4v) is 5.99. The highest BCUT2D eigenvalue weighted by Gasteiger charge is 2.28. The maximum Gasteiger partial charge on any atom is 0.246 e. The highest BCUT2D eigenvalue weighted by Crippen LogP contribution is 2.47. The van der Waals surface area contributed by atoms with Gasteiger partial charge in [-0.15, -0.1) is 11.3 Å². The molecule has 1 aromatic carbocycles. The number of hydrogen-bond donors (Lipinski definition) is 0. The Hall–Kier alpha value is -4.38. The van der Waals surface area contributed by atoms with E-state index in [-0.39, 0.29) is 23.3 Å². The second kappa shape index (κ2) is 9.98. The minimum atomic E-state index is -0.755. The zero-order valence-electron chi connectivity index (χ0n) is 22.2. The number of benzene rings is 1. The van der Waals surface area contributed by atoms with E-state index in [9.17, 15) is 9.18 Å². The lowest BCUT2D eigenvalue weighted by atomic mass is 9.97. The van der Waals surface area contributed by atoms with Crippen LogP contribution in [0.15, 0.2) is 54.7 Å². The number of aromatic nitrogens is 5. The van der Waals surface area contributed by atoms with Crippen LogP contribution < -0.4 is 4.74 Å². The number of carbonyl (C=O) groups is 1. The van der Waals surface area contributed by atoms with Gasteiger partial charge in [-0.1, -0.05) is 6.58 Å². The Labute approximate surface area is 233 Å². The van der Waals surface area contributed by atoms with E-state index < -0.39 is 11.6 Å². The molecule has 0 bridgehead atoms. The van der Waals surface area contributed by atoms with Gasteiger partial charge in [0.15, 0.2) is 0 Å². The molecule has 0 aliphatic carbocycles. The zero-order valence-corrected chi connectivity index (χ0v) is 23.0. The van der Waals surface area contributed by atoms with Crippen molar-refractivity contribution in [2.24, 2.45) is 7.05 Å². The molecule has 0 saturated carbocycles. The number of thiophene rings is 1. The van der Waals surface area contributed by atoms with Crippen molar-refractivity contribution < 1.29 is 18.3 Å². The van der Waals surface area contributed by atoms with Crippen LogP contribution in [0.5, 0.6) is 5.75 Å². The van der Waals surface area contributed by atoms with Crippen LogP contribution in [0.1, 0.15) is 19.5 Å². The predicted octanol–water partition coefficient (Wildman–Crippen LogP) is 5.82. The van der Waals surface area contributed by atoms with Crippen LogP contribution in [0, 0.1) is 11.6 Å². The molecule has 5 heterocycles. The smallest absolute Gasteiger partial charge is 0.246 e. The Balaban J connectivity index is 1.64. The minimum absolute atomic E-state index is 0.0890. The van der Waals surface area contributed by atoms with Gasteiger partial charge in [0.2, 0.25) is 5.91 Å². The summed E-state index contributed by atoms with van der Waals surface area (Å²) in [5.74, 6) is -1.55. The summed E-state index contributed by atoms with van der Waals surface area (Å²) in [6.07, 6.45) is 4.57. The summed E-state index contributed by atoms with van der Waals surface area (Å²) in [5.41, 5.74) is 3.82. The summed E-state index contributed by atoms with van der Waals surface area (Å²) in [6.45, 7) is 8.54. The lowest BCUT2D eigenvalue weighted by Gasteiger charge is -2.26. The predicted molar refractivity (Wildman–Crippen MR) is 150 cm³/mol. The first-order valence-electron chi connectivity index (χ1n) is 12.8. The van der Waals surface area contributed by atoms with Gasteiger partial charge in [-0.05, 0) is 37.4 Å². The topological polar surface area (TPSA) is 78.1 Å². The van der Waals surface area contributed by atoms with Crippen LogP contribution in [0.2, 0.25) is 0 Å². The van der Waals surface area contributed by atoms with E-state index in [1.165, 1.54) is 23.5 Å². The molecule has 1 aliphatic heterocycles. The molecule has 0 unspecified atom stereocenters. The van der Waals surface area contributed by atoms with Crippen molar-refractivity contribution in [2.45, 2.75) is 33.0 Å². The maximum absolute atomic E-state index is 15.8. The van der Waals surface area contributed by atoms with Gasteiger partial charge in [-0.2, -0.15) is 10.2 Å². The molecule has 8 nitrogen and oxygen atoms in total. The summed E-state index contributed by atoms with van der Waals surface area (Å²) in [7, 11) is 1.83. The quantitative estimate of drug-likeness (QED) is 0.245. The molecule has 204 valence electrons. The van der Waals surface area contributed by atoms with Crippen LogP contribution in [0.25, 0.3) is 43.9 Å². The molecule has 0 fully saturated rings. The monoisotopic (exact) mass is 560 g/mol. The van der Waals surface area contributed by atoms with Crippen molar-refractivity contribution in [3.63, 3.8) is 0 Å². The Bertz CT molecular complexity index is 1790. The number of ether oxygens (including phenoxy) is 1. The largest absolute Gasteiger partial charge is 0.490 e. The zero-order chi connectivity index (χ0) is 28.1. The number of amides is 1. The molecular weight excluding hydrogens is 534 g/mol. The van der Waals surface area contributed by atoms with E-state index in [2.05, 4.69) is 11.7 Å². The van der Waals surface area contributed by atoms with E-state index in [0.717, 1.165) is 27.4 Å². The van der Waals surface area contributed by atoms with Crippen LogP contribution in [0.4, 0.5) is 8.78 Å². The van der Waals surface area contributed by atoms with Crippen molar-refractivity contribution in [3.8, 4) is 39.5 Å². The standard InChI is InChI=1S/C29H26F2N6O2S/c1-5-24(38)36-7-8-37-19(15-36)12-22(34-37)28-26(25-21(31)10-18(30)11-23(25)39-16(2)3)29-20(6-9-40-29)27(33-28)17-13-32-35(4)14-17/h5-6,9-14,16H,1,7-8,15H2,2-4H3. The van der Waals surface area contributed by atoms with Gasteiger partial charge in [0.25, 0.3) is 0 Å². The third-order valence-electron chi connectivity index (χ3n) is 6.74. The highest BCUT2D eigenvalue weighted by molar-refractivity contribution is 7.18. The second-order valence-electron chi connectivity index (χ2n) is 9.89. The van der Waals surface area contributed by atoms with Gasteiger partial charge in [-0.25, -0.2) is 13.8 Å². The van der Waals surface area contributed by atoms with Gasteiger partial charge in [-0.3, -0.25) is 14.2 Å². The number of carbonyl (C=O) groups excluding carboxylic acids is 1. The van der Waals surface area contributed by atoms with E-state index in [4.69, 9.17) is 14.8 Å². The van der Waals surface area contributed by atoms with Crippen molar-refractivity contribution >= 4 is 27.3 Å². The normalized spacial score (nSPS) is 13.2. The summed E-state index contributed by atoms with van der Waals surface area (Å²) < 4.78 is 40.4. The van der Waals surface area contributed by atoms with E-state index in [1.807, 2.05) is 35.4 Å². The molecule has 1 amide bonds. The van der Waals surface area contributed by atoms with Crippen molar-refractivity contribution in [1.29, 1.82) is 0 Å². The fraction of sp³-hybridized carbons (Fsp3) is 0.241. The molecule has 0 N–H and O–H groups in total. The Morgan fingerprint density at radius 1 is 1.18 bits per heavy atom. The number of hydrogen-bond acceptors (Lipinski definition) is 6. The first kappa shape index (κ1) is 25.9. The van der Waals surface area contributed by atoms with Crippen LogP contribution in [0.3, 0.4) is 0 Å². The third-order valence-corrected chi connectivity index (χ3v) is 7.68. The molecule has 0 saturated heterocycles. The molecular formula is C29H26F2N6O2S. The molecule has 11 heteroatoms. The molecule has 5 aromatic rings. The van der Waals surface area contributed by atoms with Crippen molar-refractivity contribution in [1.82, 2.24) is 29.4 Å². The fourth-order valence-electron chi connectivity index (χ4n) is 5.04. The summed E-state index contributed by atoms with van der Waals surface area (Å²) in [5, 5.41) is 11.9. The average Bonchev–Trinajstić information content (AvgIpc) is 3.66. The average molecular weight is 561 g/mol. The summed E-state index contributed by atoms with van der Waals surface area (Å²) in [6, 6.07) is 5.86. The highest BCUT2D eigenvalue weighted by atomic mass is 32.1. The Morgan fingerprint density at radius 3 is 2.73 bits per heavy atom. The number of rotatable bonds is 6. The lowest BCUT2D eigenvalue weighted by Crippen LogP contribution is -2.37. The van der Waals surface area contributed by atoms with E-state index in [1.54, 1.807) is 29.6 Å². The lowest BCUT2D eigenvalue weighted by molar-refractivity contribution is -0.127. The van der Waals surface area contributed by atoms with Crippen molar-refractivity contribution in [3.05, 3.63) is 72.0 Å². The van der Waals surface area contributed by atoms with Gasteiger partial charge >= 0.3 is 0 Å². The van der Waals surface area contributed by atoms with E-state index in [0.29, 0.717) is 42.3 Å². The summed E-state index contributed by atoms with van der Waals surface area (Å²) >= 11 is 1.43. The number of aryl methyl sites for hydroxylation is 1. The minimum Gasteiger partial charge on any atom is -0.490 e. The number of nitrogens with zero attached hydrogens (tertiary/aromatic N) is 6. The van der Waals surface area contributed by atoms with Crippen LogP contribution in [-0.2, 0) is 24.9 Å². The van der Waals surface area contributed by atoms with Gasteiger partial charge in [0.05, 0.1) is 42.3 Å². The van der Waals surface area contributed by atoms with Gasteiger partial charge < -0.3 is 9.64 Å². The van der Waals surface area contributed by atoms with E-state index >= 15 is 4.39 Å². The SMILES string of the molecule is C=CC(=O)N1CCn2nc(-c3nc(-c4cnn(C)c4)c4ccsc4c3-c3c(F)cc(F)cc3OC(C)C)cc2C1. The van der Waals surface area contributed by atoms with Crippen molar-refractivity contribution in [2.75, 3.05) is 6.54 Å². The number of pyridine rings is 1. The molecule has 4 aromatic heterocycles. The molecule has 0 atom stereocenters. The molecule has 6 rings (SSSR count). The first-order chi connectivity index (χ1) is 19.2. The van der Waals surface area contributed by atoms with Gasteiger partial charge in [0, 0.05) is 53.1 Å². The molecule has 1 aliphatic rings. The van der Waals surface area contributed by atoms with Gasteiger partial charge in [0.1, 0.15) is 28.8 Å². The third kappa shape index (κ3) is 4.45. The Kier molecular flexibility index (Phi) is 6.46.